The molecule has 4 heteroatoms. The number of hydrogen-bond acceptors (Lipinski definition) is 4. The number of ether oxygens (including phenoxy) is 2. The van der Waals surface area contributed by atoms with Crippen molar-refractivity contribution in [2.75, 3.05) is 6.61 Å². The third-order valence-electron chi connectivity index (χ3n) is 2.59. The first-order valence-corrected chi connectivity index (χ1v) is 5.22. The smallest absolute Gasteiger partial charge is 0.340 e. The minimum Gasteiger partial charge on any atom is -0.464 e. The normalized spacial score (nSPS) is 27.6. The monoisotopic (exact) mass is 222 g/mol. The molecule has 2 rings (SSSR count). The van der Waals surface area contributed by atoms with Gasteiger partial charge in [0.15, 0.2) is 11.9 Å². The van der Waals surface area contributed by atoms with E-state index in [1.54, 1.807) is 31.2 Å². The Morgan fingerprint density at radius 1 is 1.56 bits per heavy atom. The van der Waals surface area contributed by atoms with Crippen LogP contribution in [-0.4, -0.2) is 17.7 Å². The first-order valence-electron chi connectivity index (χ1n) is 5.22. The van der Waals surface area contributed by atoms with E-state index in [2.05, 4.69) is 0 Å². The molecule has 0 amide bonds. The summed E-state index contributed by atoms with van der Waals surface area (Å²) in [4.78, 5) is 11.6. The van der Waals surface area contributed by atoms with E-state index < -0.39 is 17.9 Å². The summed E-state index contributed by atoms with van der Waals surface area (Å²) in [7, 11) is 0. The van der Waals surface area contributed by atoms with Crippen molar-refractivity contribution in [1.29, 1.82) is 0 Å². The van der Waals surface area contributed by atoms with Crippen LogP contribution in [0.2, 0.25) is 0 Å². The molecule has 2 atom stereocenters. The summed E-state index contributed by atoms with van der Waals surface area (Å²) in [6, 6.07) is 7.10. The largest absolute Gasteiger partial charge is 0.464 e. The molecule has 0 fully saturated rings. The highest BCUT2D eigenvalue weighted by atomic mass is 16.7. The predicted octanol–water partition coefficient (Wildman–Crippen LogP) is 1.49. The minimum atomic E-state index is -1.42. The Kier molecular flexibility index (Phi) is 2.69. The van der Waals surface area contributed by atoms with Gasteiger partial charge in [-0.05, 0) is 13.8 Å². The molecule has 0 saturated carbocycles. The van der Waals surface area contributed by atoms with Crippen LogP contribution in [0.25, 0.3) is 0 Å². The van der Waals surface area contributed by atoms with E-state index in [1.807, 2.05) is 0 Å². The number of hydrogen-bond donors (Lipinski definition) is 1. The van der Waals surface area contributed by atoms with Gasteiger partial charge < -0.3 is 14.6 Å². The van der Waals surface area contributed by atoms with Gasteiger partial charge in [0.05, 0.1) is 6.61 Å². The molecule has 0 unspecified atom stereocenters. The Hall–Kier alpha value is -1.39. The van der Waals surface area contributed by atoms with Crippen molar-refractivity contribution in [1.82, 2.24) is 0 Å². The Labute approximate surface area is 93.8 Å². The molecular weight excluding hydrogens is 208 g/mol. The van der Waals surface area contributed by atoms with E-state index in [9.17, 15) is 9.90 Å². The first-order chi connectivity index (χ1) is 7.56. The van der Waals surface area contributed by atoms with Crippen molar-refractivity contribution in [3.05, 3.63) is 35.4 Å². The lowest BCUT2D eigenvalue weighted by Gasteiger charge is -2.18. The Balaban J connectivity index is 2.37. The molecule has 86 valence electrons. The Morgan fingerprint density at radius 2 is 2.25 bits per heavy atom. The van der Waals surface area contributed by atoms with E-state index in [-0.39, 0.29) is 0 Å². The van der Waals surface area contributed by atoms with Crippen molar-refractivity contribution in [3.63, 3.8) is 0 Å². The fourth-order valence-electron chi connectivity index (χ4n) is 1.90. The molecule has 0 spiro atoms. The standard InChI is InChI=1S/C12H14O4/c1-3-15-11(13)10-8-6-4-5-7-9(8)12(2,14)16-10/h4-7,10,14H,3H2,1-2H3/t10-,12+/m1/s1. The summed E-state index contributed by atoms with van der Waals surface area (Å²) in [5.41, 5.74) is 1.29. The lowest BCUT2D eigenvalue weighted by molar-refractivity contribution is -0.219. The molecule has 0 radical (unpaired) electrons. The van der Waals surface area contributed by atoms with Gasteiger partial charge in [-0.25, -0.2) is 4.79 Å². The highest BCUT2D eigenvalue weighted by Crippen LogP contribution is 2.41. The van der Waals surface area contributed by atoms with E-state index in [0.29, 0.717) is 17.7 Å². The van der Waals surface area contributed by atoms with Gasteiger partial charge in [0.2, 0.25) is 0 Å². The van der Waals surface area contributed by atoms with Gasteiger partial charge in [0.1, 0.15) is 0 Å². The SMILES string of the molecule is CCOC(=O)[C@@H]1O[C@](C)(O)c2ccccc21. The molecule has 16 heavy (non-hydrogen) atoms. The Morgan fingerprint density at radius 3 is 2.94 bits per heavy atom. The third kappa shape index (κ3) is 1.70. The number of fused-ring (bicyclic) bond motifs is 1. The lowest BCUT2D eigenvalue weighted by Crippen LogP contribution is -2.23. The summed E-state index contributed by atoms with van der Waals surface area (Å²) >= 11 is 0. The molecule has 1 aliphatic rings. The summed E-state index contributed by atoms with van der Waals surface area (Å²) in [6.45, 7) is 3.55. The minimum absolute atomic E-state index is 0.295. The maximum absolute atomic E-state index is 11.6. The molecule has 1 N–H and O–H groups in total. The van der Waals surface area contributed by atoms with Crippen LogP contribution in [0.3, 0.4) is 0 Å². The maximum Gasteiger partial charge on any atom is 0.340 e. The third-order valence-corrected chi connectivity index (χ3v) is 2.59. The quantitative estimate of drug-likeness (QED) is 0.770. The van der Waals surface area contributed by atoms with Crippen LogP contribution < -0.4 is 0 Å². The second-order valence-electron chi connectivity index (χ2n) is 3.82. The molecular formula is C12H14O4. The zero-order valence-electron chi connectivity index (χ0n) is 9.27. The van der Waals surface area contributed by atoms with Crippen LogP contribution in [0, 0.1) is 0 Å². The van der Waals surface area contributed by atoms with Gasteiger partial charge in [-0.3, -0.25) is 0 Å². The number of rotatable bonds is 2. The van der Waals surface area contributed by atoms with Gasteiger partial charge in [-0.2, -0.15) is 0 Å². The average Bonchev–Trinajstić information content (AvgIpc) is 2.52. The van der Waals surface area contributed by atoms with Gasteiger partial charge in [-0.15, -0.1) is 0 Å². The number of carbonyl (C=O) groups excluding carboxylic acids is 1. The first kappa shape index (κ1) is 11.1. The van der Waals surface area contributed by atoms with Gasteiger partial charge in [-0.1, -0.05) is 24.3 Å². The molecule has 0 aliphatic carbocycles. The van der Waals surface area contributed by atoms with Crippen LogP contribution in [0.4, 0.5) is 0 Å². The van der Waals surface area contributed by atoms with Crippen molar-refractivity contribution in [2.45, 2.75) is 25.7 Å². The fourth-order valence-corrected chi connectivity index (χ4v) is 1.90. The highest BCUT2D eigenvalue weighted by Gasteiger charge is 2.43. The second kappa shape index (κ2) is 3.88. The zero-order chi connectivity index (χ0) is 11.8. The van der Waals surface area contributed by atoms with Crippen molar-refractivity contribution in [3.8, 4) is 0 Å². The average molecular weight is 222 g/mol. The maximum atomic E-state index is 11.6. The van der Waals surface area contributed by atoms with Crippen LogP contribution in [0.5, 0.6) is 0 Å². The number of aliphatic hydroxyl groups is 1. The van der Waals surface area contributed by atoms with E-state index in [4.69, 9.17) is 9.47 Å². The predicted molar refractivity (Wildman–Crippen MR) is 56.5 cm³/mol. The zero-order valence-corrected chi connectivity index (χ0v) is 9.27. The van der Waals surface area contributed by atoms with Crippen molar-refractivity contribution >= 4 is 5.97 Å². The summed E-state index contributed by atoms with van der Waals surface area (Å²) < 4.78 is 10.2. The van der Waals surface area contributed by atoms with E-state index >= 15 is 0 Å². The van der Waals surface area contributed by atoms with Gasteiger partial charge >= 0.3 is 5.97 Å². The summed E-state index contributed by atoms with van der Waals surface area (Å²) in [5.74, 6) is -1.89. The van der Waals surface area contributed by atoms with E-state index in [1.165, 1.54) is 6.92 Å². The van der Waals surface area contributed by atoms with E-state index in [0.717, 1.165) is 0 Å². The van der Waals surface area contributed by atoms with Crippen LogP contribution in [0.15, 0.2) is 24.3 Å². The molecule has 1 aromatic carbocycles. The summed E-state index contributed by atoms with van der Waals surface area (Å²) in [6.07, 6.45) is -0.828. The molecule has 1 aliphatic heterocycles. The second-order valence-corrected chi connectivity index (χ2v) is 3.82. The van der Waals surface area contributed by atoms with Gasteiger partial charge in [0.25, 0.3) is 0 Å². The molecule has 4 nitrogen and oxygen atoms in total. The Bertz CT molecular complexity index is 411. The number of esters is 1. The fraction of sp³-hybridized carbons (Fsp3) is 0.417. The summed E-state index contributed by atoms with van der Waals surface area (Å²) in [5, 5.41) is 10.0. The molecule has 0 saturated heterocycles. The highest BCUT2D eigenvalue weighted by molar-refractivity contribution is 5.78. The molecule has 1 aromatic rings. The topological polar surface area (TPSA) is 55.8 Å². The molecule has 1 heterocycles. The lowest BCUT2D eigenvalue weighted by atomic mass is 10.0. The number of carbonyl (C=O) groups is 1. The molecule has 0 aromatic heterocycles. The molecule has 0 bridgehead atoms. The van der Waals surface area contributed by atoms with Crippen LogP contribution in [-0.2, 0) is 20.1 Å². The van der Waals surface area contributed by atoms with Crippen LogP contribution >= 0.6 is 0 Å². The van der Waals surface area contributed by atoms with Crippen molar-refractivity contribution < 1.29 is 19.4 Å². The van der Waals surface area contributed by atoms with Crippen LogP contribution in [0.1, 0.15) is 31.1 Å². The number of benzene rings is 1. The van der Waals surface area contributed by atoms with Gasteiger partial charge in [0, 0.05) is 11.1 Å². The van der Waals surface area contributed by atoms with Crippen molar-refractivity contribution in [2.24, 2.45) is 0 Å².